The van der Waals surface area contributed by atoms with E-state index in [0.29, 0.717) is 41.2 Å². The third kappa shape index (κ3) is 3.03. The first-order valence-electron chi connectivity index (χ1n) is 8.28. The van der Waals surface area contributed by atoms with Crippen molar-refractivity contribution in [2.75, 3.05) is 0 Å². The van der Waals surface area contributed by atoms with Crippen molar-refractivity contribution in [1.82, 2.24) is 20.3 Å². The summed E-state index contributed by atoms with van der Waals surface area (Å²) in [4.78, 5) is 37.5. The van der Waals surface area contributed by atoms with Crippen LogP contribution in [0.25, 0.3) is 10.7 Å². The summed E-state index contributed by atoms with van der Waals surface area (Å²) in [6.45, 7) is 1.98. The predicted octanol–water partition coefficient (Wildman–Crippen LogP) is 2.95. The molecule has 7 nitrogen and oxygen atoms in total. The molecule has 0 unspecified atom stereocenters. The van der Waals surface area contributed by atoms with E-state index in [4.69, 9.17) is 4.42 Å². The van der Waals surface area contributed by atoms with E-state index >= 15 is 0 Å². The fraction of sp³-hybridized carbons (Fsp3) is 0.278. The minimum Gasteiger partial charge on any atom is -0.465 e. The van der Waals surface area contributed by atoms with Crippen molar-refractivity contribution >= 4 is 23.0 Å². The molecule has 0 aliphatic heterocycles. The number of thiazole rings is 1. The fourth-order valence-electron chi connectivity index (χ4n) is 3.06. The van der Waals surface area contributed by atoms with Crippen LogP contribution < -0.4 is 5.32 Å². The van der Waals surface area contributed by atoms with Gasteiger partial charge in [0, 0.05) is 30.6 Å². The lowest BCUT2D eigenvalue weighted by atomic mass is 9.93. The Bertz CT molecular complexity index is 978. The van der Waals surface area contributed by atoms with Crippen molar-refractivity contribution in [3.05, 3.63) is 52.3 Å². The fourth-order valence-corrected chi connectivity index (χ4v) is 3.84. The maximum Gasteiger partial charge on any atom is 0.255 e. The lowest BCUT2D eigenvalue weighted by Crippen LogP contribution is -2.25. The topological polar surface area (TPSA) is 98.0 Å². The van der Waals surface area contributed by atoms with Gasteiger partial charge < -0.3 is 9.73 Å². The zero-order valence-corrected chi connectivity index (χ0v) is 14.9. The van der Waals surface area contributed by atoms with E-state index < -0.39 is 0 Å². The number of aryl methyl sites for hydroxylation is 2. The van der Waals surface area contributed by atoms with E-state index in [2.05, 4.69) is 20.3 Å². The number of ketones is 1. The predicted molar refractivity (Wildman–Crippen MR) is 95.0 cm³/mol. The second-order valence-corrected chi connectivity index (χ2v) is 6.88. The first kappa shape index (κ1) is 16.6. The monoisotopic (exact) mass is 368 g/mol. The van der Waals surface area contributed by atoms with Crippen LogP contribution in [-0.4, -0.2) is 26.6 Å². The minimum absolute atomic E-state index is 0.0214. The molecule has 132 valence electrons. The number of amides is 1. The van der Waals surface area contributed by atoms with E-state index in [0.717, 1.165) is 17.1 Å². The van der Waals surface area contributed by atoms with Gasteiger partial charge in [-0.15, -0.1) is 11.3 Å². The molecule has 3 heterocycles. The summed E-state index contributed by atoms with van der Waals surface area (Å²) in [6.07, 6.45) is 6.79. The van der Waals surface area contributed by atoms with Crippen LogP contribution in [0.1, 0.15) is 50.8 Å². The molecule has 0 saturated heterocycles. The first-order chi connectivity index (χ1) is 12.6. The highest BCUT2D eigenvalue weighted by Crippen LogP contribution is 2.29. The van der Waals surface area contributed by atoms with Gasteiger partial charge in [-0.05, 0) is 13.3 Å². The third-order valence-electron chi connectivity index (χ3n) is 4.23. The average Bonchev–Trinajstić information content (AvgIpc) is 3.25. The zero-order valence-electron chi connectivity index (χ0n) is 14.1. The second-order valence-electron chi connectivity index (χ2n) is 6.03. The van der Waals surface area contributed by atoms with Crippen molar-refractivity contribution in [1.29, 1.82) is 0 Å². The molecular formula is C18H16N4O3S. The van der Waals surface area contributed by atoms with Gasteiger partial charge in [0.25, 0.3) is 5.91 Å². The molecule has 0 atom stereocenters. The Labute approximate surface area is 153 Å². The van der Waals surface area contributed by atoms with E-state index in [-0.39, 0.29) is 18.2 Å². The molecule has 0 radical (unpaired) electrons. The highest BCUT2D eigenvalue weighted by molar-refractivity contribution is 7.13. The van der Waals surface area contributed by atoms with Crippen LogP contribution in [0.3, 0.4) is 0 Å². The Balaban J connectivity index is 1.50. The summed E-state index contributed by atoms with van der Waals surface area (Å²) >= 11 is 1.44. The van der Waals surface area contributed by atoms with Crippen LogP contribution in [0.4, 0.5) is 0 Å². The molecule has 4 rings (SSSR count). The largest absolute Gasteiger partial charge is 0.465 e. The Morgan fingerprint density at radius 1 is 1.35 bits per heavy atom. The van der Waals surface area contributed by atoms with Crippen molar-refractivity contribution in [2.24, 2.45) is 0 Å². The molecule has 26 heavy (non-hydrogen) atoms. The van der Waals surface area contributed by atoms with Crippen LogP contribution in [0.15, 0.2) is 28.4 Å². The molecule has 0 saturated carbocycles. The number of aromatic nitrogens is 3. The molecule has 3 aromatic heterocycles. The summed E-state index contributed by atoms with van der Waals surface area (Å²) in [5.74, 6) is 0.785. The molecular weight excluding hydrogens is 352 g/mol. The molecule has 0 spiro atoms. The van der Waals surface area contributed by atoms with Crippen LogP contribution in [-0.2, 0) is 13.0 Å². The summed E-state index contributed by atoms with van der Waals surface area (Å²) in [5, 5.41) is 5.45. The van der Waals surface area contributed by atoms with Gasteiger partial charge >= 0.3 is 0 Å². The zero-order chi connectivity index (χ0) is 18.1. The quantitative estimate of drug-likeness (QED) is 0.760. The number of hydrogen-bond donors (Lipinski definition) is 1. The van der Waals surface area contributed by atoms with E-state index in [9.17, 15) is 9.59 Å². The van der Waals surface area contributed by atoms with Gasteiger partial charge in [-0.2, -0.15) is 0 Å². The maximum atomic E-state index is 12.6. The van der Waals surface area contributed by atoms with Crippen LogP contribution in [0, 0.1) is 6.92 Å². The average molecular weight is 368 g/mol. The third-order valence-corrected chi connectivity index (χ3v) is 5.15. The number of hydrogen-bond acceptors (Lipinski definition) is 7. The Morgan fingerprint density at radius 2 is 2.23 bits per heavy atom. The van der Waals surface area contributed by atoms with Gasteiger partial charge in [-0.3, -0.25) is 19.6 Å². The van der Waals surface area contributed by atoms with Crippen LogP contribution >= 0.6 is 11.3 Å². The van der Waals surface area contributed by atoms with Crippen molar-refractivity contribution in [3.8, 4) is 10.7 Å². The number of nitrogens with zero attached hydrogens (tertiary/aromatic N) is 3. The molecule has 0 aromatic carbocycles. The molecule has 8 heteroatoms. The lowest BCUT2D eigenvalue weighted by Gasteiger charge is -2.10. The number of carbonyl (C=O) groups is 2. The van der Waals surface area contributed by atoms with E-state index in [1.165, 1.54) is 11.3 Å². The second kappa shape index (κ2) is 6.80. The maximum absolute atomic E-state index is 12.6. The number of Topliss-reactive ketones (excluding diaryl/α,β-unsaturated/α-hetero) is 1. The summed E-state index contributed by atoms with van der Waals surface area (Å²) in [6, 6.07) is 0. The highest BCUT2D eigenvalue weighted by atomic mass is 32.1. The van der Waals surface area contributed by atoms with E-state index in [1.54, 1.807) is 25.5 Å². The van der Waals surface area contributed by atoms with Crippen molar-refractivity contribution in [3.63, 3.8) is 0 Å². The molecule has 0 bridgehead atoms. The normalized spacial score (nSPS) is 13.5. The standard InChI is InChI=1S/C18H16N4O3S/c1-10-15(16-13(23)3-2-4-14(16)25-10)17(24)21-7-11-9-26-18(22-11)12-8-19-5-6-20-12/h5-6,8-9H,2-4,7H2,1H3,(H,21,24). The van der Waals surface area contributed by atoms with Gasteiger partial charge in [-0.25, -0.2) is 4.98 Å². The molecule has 1 aliphatic carbocycles. The summed E-state index contributed by atoms with van der Waals surface area (Å²) < 4.78 is 5.63. The van der Waals surface area contributed by atoms with Gasteiger partial charge in [0.2, 0.25) is 0 Å². The lowest BCUT2D eigenvalue weighted by molar-refractivity contribution is 0.0925. The summed E-state index contributed by atoms with van der Waals surface area (Å²) in [7, 11) is 0. The van der Waals surface area contributed by atoms with Crippen molar-refractivity contribution < 1.29 is 14.0 Å². The number of carbonyl (C=O) groups excluding carboxylic acids is 2. The SMILES string of the molecule is Cc1oc2c(c1C(=O)NCc1csc(-c3cnccn3)n1)C(=O)CCC2. The highest BCUT2D eigenvalue weighted by Gasteiger charge is 2.30. The number of furan rings is 1. The molecule has 1 amide bonds. The van der Waals surface area contributed by atoms with Gasteiger partial charge in [0.1, 0.15) is 22.2 Å². The van der Waals surface area contributed by atoms with E-state index in [1.807, 2.05) is 5.38 Å². The minimum atomic E-state index is -0.309. The Kier molecular flexibility index (Phi) is 4.34. The number of nitrogens with one attached hydrogen (secondary N) is 1. The van der Waals surface area contributed by atoms with Crippen molar-refractivity contribution in [2.45, 2.75) is 32.7 Å². The Morgan fingerprint density at radius 3 is 3.04 bits per heavy atom. The smallest absolute Gasteiger partial charge is 0.255 e. The molecule has 1 N–H and O–H groups in total. The molecule has 0 fully saturated rings. The molecule has 3 aromatic rings. The Hall–Kier alpha value is -2.87. The first-order valence-corrected chi connectivity index (χ1v) is 9.16. The van der Waals surface area contributed by atoms with Crippen LogP contribution in [0.2, 0.25) is 0 Å². The summed E-state index contributed by atoms with van der Waals surface area (Å²) in [5.41, 5.74) is 2.23. The van der Waals surface area contributed by atoms with Gasteiger partial charge in [0.05, 0.1) is 29.6 Å². The van der Waals surface area contributed by atoms with Crippen LogP contribution in [0.5, 0.6) is 0 Å². The number of fused-ring (bicyclic) bond motifs is 1. The molecule has 1 aliphatic rings. The number of rotatable bonds is 4. The van der Waals surface area contributed by atoms with Gasteiger partial charge in [-0.1, -0.05) is 0 Å². The van der Waals surface area contributed by atoms with Gasteiger partial charge in [0.15, 0.2) is 5.78 Å².